The van der Waals surface area contributed by atoms with Crippen LogP contribution in [0.15, 0.2) is 95.9 Å². The van der Waals surface area contributed by atoms with E-state index in [9.17, 15) is 8.78 Å². The van der Waals surface area contributed by atoms with Gasteiger partial charge in [0.15, 0.2) is 34.6 Å². The highest BCUT2D eigenvalue weighted by atomic mass is 32.2. The minimum atomic E-state index is -0.367. The summed E-state index contributed by atoms with van der Waals surface area (Å²) in [7, 11) is 0. The molecule has 0 saturated carbocycles. The van der Waals surface area contributed by atoms with Crippen molar-refractivity contribution in [2.45, 2.75) is 44.0 Å². The Morgan fingerprint density at radius 2 is 1.17 bits per heavy atom. The summed E-state index contributed by atoms with van der Waals surface area (Å²) in [5.41, 5.74) is 2.51. The molecule has 2 atom stereocenters. The van der Waals surface area contributed by atoms with Crippen LogP contribution in [0, 0.1) is 11.6 Å². The van der Waals surface area contributed by atoms with Crippen LogP contribution < -0.4 is 18.9 Å². The van der Waals surface area contributed by atoms with E-state index in [4.69, 9.17) is 18.9 Å². The maximum absolute atomic E-state index is 14.5. The third kappa shape index (κ3) is 8.93. The minimum Gasteiger partial charge on any atom is -0.486 e. The van der Waals surface area contributed by atoms with Crippen molar-refractivity contribution in [1.29, 1.82) is 0 Å². The predicted octanol–water partition coefficient (Wildman–Crippen LogP) is 7.70. The van der Waals surface area contributed by atoms with E-state index in [-0.39, 0.29) is 35.3 Å². The average molecular weight is 649 g/mol. The van der Waals surface area contributed by atoms with Crippen LogP contribution in [0.5, 0.6) is 23.0 Å². The van der Waals surface area contributed by atoms with E-state index in [0.717, 1.165) is 26.2 Å². The second kappa shape index (κ2) is 16.7. The number of hydrogen-bond acceptors (Lipinski definition) is 7. The predicted molar refractivity (Wildman–Crippen MR) is 179 cm³/mol. The summed E-state index contributed by atoms with van der Waals surface area (Å²) < 4.78 is 51.3. The first-order valence-corrected chi connectivity index (χ1v) is 17.0. The third-order valence-electron chi connectivity index (χ3n) is 7.91. The lowest BCUT2D eigenvalue weighted by Gasteiger charge is -2.31. The lowest BCUT2D eigenvalue weighted by Crippen LogP contribution is -2.41. The van der Waals surface area contributed by atoms with Gasteiger partial charge in [-0.25, -0.2) is 8.78 Å². The molecule has 0 bridgehead atoms. The van der Waals surface area contributed by atoms with Gasteiger partial charge < -0.3 is 18.9 Å². The third-order valence-corrected chi connectivity index (χ3v) is 8.67. The van der Waals surface area contributed by atoms with Crippen LogP contribution >= 0.6 is 11.8 Å². The summed E-state index contributed by atoms with van der Waals surface area (Å²) in [6.45, 7) is 10.0. The summed E-state index contributed by atoms with van der Waals surface area (Å²) in [5.74, 6) is 0.766. The zero-order chi connectivity index (χ0) is 32.3. The van der Waals surface area contributed by atoms with Gasteiger partial charge in [-0.1, -0.05) is 80.6 Å². The Bertz CT molecular complexity index is 1530. The summed E-state index contributed by atoms with van der Waals surface area (Å²) >= 11 is 1.37. The molecular weight excluding hydrogens is 606 g/mol. The first-order chi connectivity index (χ1) is 22.5. The van der Waals surface area contributed by atoms with Crippen LogP contribution in [0.4, 0.5) is 8.78 Å². The van der Waals surface area contributed by atoms with Crippen molar-refractivity contribution in [2.24, 2.45) is 0 Å². The minimum absolute atomic E-state index is 0.159. The lowest BCUT2D eigenvalue weighted by molar-refractivity contribution is 0.0533. The number of rotatable bonds is 11. The maximum Gasteiger partial charge on any atom is 0.198 e. The number of likely N-dealkylation sites (N-methyl/N-ethyl adjacent to an activating group) is 2. The molecule has 0 aromatic heterocycles. The fourth-order valence-corrected chi connectivity index (χ4v) is 5.91. The molecule has 2 aliphatic rings. The molecule has 0 unspecified atom stereocenters. The number of hydrogen-bond donors (Lipinski definition) is 0. The van der Waals surface area contributed by atoms with E-state index < -0.39 is 0 Å². The van der Waals surface area contributed by atoms with Gasteiger partial charge in [-0.3, -0.25) is 9.80 Å². The van der Waals surface area contributed by atoms with E-state index in [2.05, 4.69) is 47.9 Å². The van der Waals surface area contributed by atoms with Gasteiger partial charge in [-0.05, 0) is 54.7 Å². The van der Waals surface area contributed by atoms with Gasteiger partial charge in [-0.2, -0.15) is 0 Å². The quantitative estimate of drug-likeness (QED) is 0.155. The molecule has 46 heavy (non-hydrogen) atoms. The SMILES string of the molecule is CCN(Cc1ccccc1)C[C@H]1COc2ccc(SC)c(F)c2O1.CCN(Cc1ccccc1)C[C@H]1COc2cccc(F)c2O1. The smallest absolute Gasteiger partial charge is 0.198 e. The topological polar surface area (TPSA) is 43.4 Å². The monoisotopic (exact) mass is 648 g/mol. The van der Waals surface area contributed by atoms with E-state index in [1.54, 1.807) is 24.3 Å². The van der Waals surface area contributed by atoms with E-state index >= 15 is 0 Å². The number of thioether (sulfide) groups is 1. The van der Waals surface area contributed by atoms with Gasteiger partial charge in [0, 0.05) is 31.1 Å². The Morgan fingerprint density at radius 1 is 0.652 bits per heavy atom. The second-order valence-corrected chi connectivity index (χ2v) is 12.1. The largest absolute Gasteiger partial charge is 0.486 e. The first kappa shape index (κ1) is 33.6. The first-order valence-electron chi connectivity index (χ1n) is 15.7. The van der Waals surface area contributed by atoms with Crippen LogP contribution in [-0.2, 0) is 13.1 Å². The fourth-order valence-electron chi connectivity index (χ4n) is 5.44. The zero-order valence-corrected chi connectivity index (χ0v) is 27.5. The Balaban J connectivity index is 0.000000182. The van der Waals surface area contributed by atoms with Crippen molar-refractivity contribution in [3.05, 3.63) is 114 Å². The molecule has 6 rings (SSSR count). The molecule has 2 aliphatic heterocycles. The molecule has 0 saturated heterocycles. The zero-order valence-electron chi connectivity index (χ0n) is 26.7. The standard InChI is InChI=1S/C19H22FNO2S.C18H20FNO2/c1-3-21(11-14-7-5-4-6-8-14)12-15-13-22-16-9-10-17(24-2)18(20)19(16)23-15;1-2-20(11-14-7-4-3-5-8-14)12-15-13-21-17-10-6-9-16(19)18(17)22-15/h4-10,15H,3,11-13H2,1-2H3;3-10,15H,2,11-13H2,1H3/t2*15-/m00/s1. The molecule has 0 aliphatic carbocycles. The number of nitrogens with zero attached hydrogens (tertiary/aromatic N) is 2. The number of benzene rings is 4. The normalized spacial score (nSPS) is 16.6. The Labute approximate surface area is 275 Å². The summed E-state index contributed by atoms with van der Waals surface area (Å²) in [6, 6.07) is 28.9. The van der Waals surface area contributed by atoms with Crippen molar-refractivity contribution < 1.29 is 27.7 Å². The van der Waals surface area contributed by atoms with Gasteiger partial charge in [0.25, 0.3) is 0 Å². The summed E-state index contributed by atoms with van der Waals surface area (Å²) in [6.07, 6.45) is 1.52. The van der Waals surface area contributed by atoms with Gasteiger partial charge >= 0.3 is 0 Å². The van der Waals surface area contributed by atoms with Gasteiger partial charge in [0.05, 0.1) is 0 Å². The Kier molecular flexibility index (Phi) is 12.2. The Hall–Kier alpha value is -3.79. The maximum atomic E-state index is 14.5. The van der Waals surface area contributed by atoms with Gasteiger partial charge in [0.1, 0.15) is 25.4 Å². The lowest BCUT2D eigenvalue weighted by atomic mass is 10.2. The Morgan fingerprint density at radius 3 is 1.70 bits per heavy atom. The number of halogens is 2. The van der Waals surface area contributed by atoms with Crippen molar-refractivity contribution in [3.63, 3.8) is 0 Å². The van der Waals surface area contributed by atoms with Crippen molar-refractivity contribution in [1.82, 2.24) is 9.80 Å². The molecule has 9 heteroatoms. The second-order valence-electron chi connectivity index (χ2n) is 11.2. The highest BCUT2D eigenvalue weighted by Gasteiger charge is 2.28. The highest BCUT2D eigenvalue weighted by molar-refractivity contribution is 7.98. The van der Waals surface area contributed by atoms with E-state index in [1.165, 1.54) is 29.0 Å². The highest BCUT2D eigenvalue weighted by Crippen LogP contribution is 2.39. The molecule has 244 valence electrons. The fraction of sp³-hybridized carbons (Fsp3) is 0.351. The molecule has 4 aromatic carbocycles. The van der Waals surface area contributed by atoms with Crippen LogP contribution in [0.2, 0.25) is 0 Å². The van der Waals surface area contributed by atoms with Crippen LogP contribution in [0.25, 0.3) is 0 Å². The molecule has 4 aromatic rings. The molecular formula is C37H42F2N2O4S. The number of ether oxygens (including phenoxy) is 4. The van der Waals surface area contributed by atoms with Crippen molar-refractivity contribution >= 4 is 11.8 Å². The van der Waals surface area contributed by atoms with Crippen molar-refractivity contribution in [3.8, 4) is 23.0 Å². The van der Waals surface area contributed by atoms with Crippen LogP contribution in [0.3, 0.4) is 0 Å². The molecule has 0 radical (unpaired) electrons. The molecule has 0 fully saturated rings. The van der Waals surface area contributed by atoms with Gasteiger partial charge in [-0.15, -0.1) is 11.8 Å². The van der Waals surface area contributed by atoms with E-state index in [1.807, 2.05) is 42.7 Å². The van der Waals surface area contributed by atoms with E-state index in [0.29, 0.717) is 42.7 Å². The average Bonchev–Trinajstić information content (AvgIpc) is 3.09. The molecule has 0 N–H and O–H groups in total. The van der Waals surface area contributed by atoms with Crippen LogP contribution in [-0.4, -0.2) is 67.7 Å². The van der Waals surface area contributed by atoms with Gasteiger partial charge in [0.2, 0.25) is 0 Å². The molecule has 0 amide bonds. The molecule has 6 nitrogen and oxygen atoms in total. The number of para-hydroxylation sites is 1. The van der Waals surface area contributed by atoms with Crippen LogP contribution in [0.1, 0.15) is 25.0 Å². The summed E-state index contributed by atoms with van der Waals surface area (Å²) in [5, 5.41) is 0. The molecule has 0 spiro atoms. The van der Waals surface area contributed by atoms with Crippen molar-refractivity contribution in [2.75, 3.05) is 45.6 Å². The number of fused-ring (bicyclic) bond motifs is 2. The summed E-state index contributed by atoms with van der Waals surface area (Å²) in [4.78, 5) is 5.13. The molecule has 2 heterocycles.